The van der Waals surface area contributed by atoms with Crippen LogP contribution >= 0.6 is 0 Å². The van der Waals surface area contributed by atoms with Crippen LogP contribution in [0.2, 0.25) is 0 Å². The summed E-state index contributed by atoms with van der Waals surface area (Å²) in [6, 6.07) is 2.63. The van der Waals surface area contributed by atoms with E-state index in [-0.39, 0.29) is 6.10 Å². The van der Waals surface area contributed by atoms with Crippen LogP contribution < -0.4 is 15.0 Å². The van der Waals surface area contributed by atoms with Crippen molar-refractivity contribution in [1.82, 2.24) is 20.2 Å². The first-order valence-corrected chi connectivity index (χ1v) is 7.84. The van der Waals surface area contributed by atoms with Gasteiger partial charge in [0.2, 0.25) is 11.8 Å². The highest BCUT2D eigenvalue weighted by molar-refractivity contribution is 5.35. The van der Waals surface area contributed by atoms with E-state index in [0.717, 1.165) is 57.0 Å². The van der Waals surface area contributed by atoms with Gasteiger partial charge < -0.3 is 15.0 Å². The van der Waals surface area contributed by atoms with Crippen molar-refractivity contribution in [3.8, 4) is 5.88 Å². The lowest BCUT2D eigenvalue weighted by Gasteiger charge is -2.43. The van der Waals surface area contributed by atoms with Crippen molar-refractivity contribution in [2.75, 3.05) is 44.2 Å². The van der Waals surface area contributed by atoms with Crippen molar-refractivity contribution in [3.63, 3.8) is 0 Å². The molecule has 2 fully saturated rings. The predicted octanol–water partition coefficient (Wildman–Crippen LogP) is 0.666. The molecular formula is C15H25N5O. The highest BCUT2D eigenvalue weighted by Gasteiger charge is 2.28. The Hall–Kier alpha value is -1.40. The molecule has 0 spiro atoms. The fourth-order valence-corrected chi connectivity index (χ4v) is 2.79. The molecule has 0 aromatic carbocycles. The maximum atomic E-state index is 5.72. The summed E-state index contributed by atoms with van der Waals surface area (Å²) >= 11 is 0. The first-order chi connectivity index (χ1) is 10.1. The second-order valence-corrected chi connectivity index (χ2v) is 6.15. The molecule has 0 aliphatic carbocycles. The third kappa shape index (κ3) is 3.44. The van der Waals surface area contributed by atoms with Crippen LogP contribution in [0.1, 0.15) is 19.5 Å². The summed E-state index contributed by atoms with van der Waals surface area (Å²) in [6.07, 6.45) is 0.134. The Kier molecular flexibility index (Phi) is 4.26. The maximum Gasteiger partial charge on any atom is 0.228 e. The molecule has 1 aromatic rings. The number of piperazine rings is 1. The van der Waals surface area contributed by atoms with Gasteiger partial charge in [-0.2, -0.15) is 4.98 Å². The van der Waals surface area contributed by atoms with E-state index < -0.39 is 0 Å². The molecule has 0 bridgehead atoms. The number of ether oxygens (including phenoxy) is 1. The van der Waals surface area contributed by atoms with Gasteiger partial charge >= 0.3 is 0 Å². The van der Waals surface area contributed by atoms with Crippen LogP contribution in [0.15, 0.2) is 6.07 Å². The maximum absolute atomic E-state index is 5.72. The lowest BCUT2D eigenvalue weighted by atomic mass is 10.1. The van der Waals surface area contributed by atoms with E-state index in [4.69, 9.17) is 4.74 Å². The van der Waals surface area contributed by atoms with Crippen LogP contribution in [0.4, 0.5) is 5.95 Å². The van der Waals surface area contributed by atoms with Gasteiger partial charge in [-0.1, -0.05) is 0 Å². The van der Waals surface area contributed by atoms with Gasteiger partial charge in [-0.05, 0) is 20.8 Å². The first-order valence-electron chi connectivity index (χ1n) is 7.84. The lowest BCUT2D eigenvalue weighted by Crippen LogP contribution is -2.61. The monoisotopic (exact) mass is 291 g/mol. The van der Waals surface area contributed by atoms with E-state index in [0.29, 0.717) is 5.88 Å². The third-order valence-electron chi connectivity index (χ3n) is 4.05. The van der Waals surface area contributed by atoms with Gasteiger partial charge in [-0.25, -0.2) is 4.98 Å². The lowest BCUT2D eigenvalue weighted by molar-refractivity contribution is 0.137. The normalized spacial score (nSPS) is 20.7. The van der Waals surface area contributed by atoms with Gasteiger partial charge in [0.25, 0.3) is 0 Å². The highest BCUT2D eigenvalue weighted by Crippen LogP contribution is 2.19. The van der Waals surface area contributed by atoms with Gasteiger partial charge in [0, 0.05) is 57.1 Å². The number of nitrogens with zero attached hydrogens (tertiary/aromatic N) is 4. The molecule has 2 aliphatic heterocycles. The molecular weight excluding hydrogens is 266 g/mol. The average Bonchev–Trinajstić information content (AvgIpc) is 2.36. The van der Waals surface area contributed by atoms with Crippen LogP contribution in [0.3, 0.4) is 0 Å². The Bertz CT molecular complexity index is 481. The minimum atomic E-state index is 0.134. The van der Waals surface area contributed by atoms with E-state index in [1.54, 1.807) is 0 Å². The Labute approximate surface area is 126 Å². The molecule has 0 atom stereocenters. The summed E-state index contributed by atoms with van der Waals surface area (Å²) in [4.78, 5) is 14.0. The van der Waals surface area contributed by atoms with Gasteiger partial charge in [0.05, 0.1) is 6.10 Å². The van der Waals surface area contributed by atoms with Crippen LogP contribution in [-0.2, 0) is 0 Å². The molecule has 21 heavy (non-hydrogen) atoms. The molecule has 0 unspecified atom stereocenters. The van der Waals surface area contributed by atoms with Crippen LogP contribution in [0.25, 0.3) is 0 Å². The SMILES string of the molecule is Cc1cc(OC(C)C)nc(N2CCN(C3CNC3)CC2)n1. The van der Waals surface area contributed by atoms with Crippen molar-refractivity contribution >= 4 is 5.95 Å². The fourth-order valence-electron chi connectivity index (χ4n) is 2.79. The summed E-state index contributed by atoms with van der Waals surface area (Å²) in [5.74, 6) is 1.48. The van der Waals surface area contributed by atoms with Gasteiger partial charge in [-0.3, -0.25) is 4.90 Å². The number of nitrogens with one attached hydrogen (secondary N) is 1. The molecule has 6 nitrogen and oxygen atoms in total. The quantitative estimate of drug-likeness (QED) is 0.880. The number of aromatic nitrogens is 2. The van der Waals surface area contributed by atoms with Crippen molar-refractivity contribution in [3.05, 3.63) is 11.8 Å². The number of anilines is 1. The molecule has 0 amide bonds. The second-order valence-electron chi connectivity index (χ2n) is 6.15. The molecule has 0 saturated carbocycles. The van der Waals surface area contributed by atoms with Crippen LogP contribution in [-0.4, -0.2) is 66.3 Å². The van der Waals surface area contributed by atoms with E-state index in [2.05, 4.69) is 25.1 Å². The van der Waals surface area contributed by atoms with Crippen molar-refractivity contribution in [2.45, 2.75) is 32.9 Å². The van der Waals surface area contributed by atoms with E-state index in [1.807, 2.05) is 26.8 Å². The van der Waals surface area contributed by atoms with Gasteiger partial charge in [-0.15, -0.1) is 0 Å². The highest BCUT2D eigenvalue weighted by atomic mass is 16.5. The van der Waals surface area contributed by atoms with Gasteiger partial charge in [0.15, 0.2) is 0 Å². The zero-order valence-electron chi connectivity index (χ0n) is 13.2. The number of aryl methyl sites for hydroxylation is 1. The van der Waals surface area contributed by atoms with Crippen LogP contribution in [0, 0.1) is 6.92 Å². The Morgan fingerprint density at radius 2 is 1.90 bits per heavy atom. The fraction of sp³-hybridized carbons (Fsp3) is 0.733. The Morgan fingerprint density at radius 1 is 1.19 bits per heavy atom. The molecule has 116 valence electrons. The topological polar surface area (TPSA) is 53.5 Å². The molecule has 0 radical (unpaired) electrons. The molecule has 3 heterocycles. The zero-order chi connectivity index (χ0) is 14.8. The summed E-state index contributed by atoms with van der Waals surface area (Å²) < 4.78 is 5.72. The summed E-state index contributed by atoms with van der Waals surface area (Å²) in [7, 11) is 0. The average molecular weight is 291 g/mol. The summed E-state index contributed by atoms with van der Waals surface area (Å²) in [5.41, 5.74) is 0.960. The molecule has 3 rings (SSSR count). The largest absolute Gasteiger partial charge is 0.475 e. The van der Waals surface area contributed by atoms with Crippen molar-refractivity contribution in [1.29, 1.82) is 0 Å². The minimum Gasteiger partial charge on any atom is -0.475 e. The first kappa shape index (κ1) is 14.5. The third-order valence-corrected chi connectivity index (χ3v) is 4.05. The molecule has 6 heteroatoms. The van der Waals surface area contributed by atoms with Crippen molar-refractivity contribution in [2.24, 2.45) is 0 Å². The zero-order valence-corrected chi connectivity index (χ0v) is 13.2. The molecule has 1 aromatic heterocycles. The number of rotatable bonds is 4. The predicted molar refractivity (Wildman–Crippen MR) is 83.0 cm³/mol. The second kappa shape index (κ2) is 6.15. The van der Waals surface area contributed by atoms with E-state index in [9.17, 15) is 0 Å². The molecule has 2 aliphatic rings. The smallest absolute Gasteiger partial charge is 0.228 e. The van der Waals surface area contributed by atoms with E-state index in [1.165, 1.54) is 0 Å². The molecule has 2 saturated heterocycles. The van der Waals surface area contributed by atoms with Crippen LogP contribution in [0.5, 0.6) is 5.88 Å². The summed E-state index contributed by atoms with van der Waals surface area (Å²) in [5, 5.41) is 3.34. The van der Waals surface area contributed by atoms with Crippen molar-refractivity contribution < 1.29 is 4.74 Å². The molecule has 1 N–H and O–H groups in total. The standard InChI is InChI=1S/C15H25N5O/c1-11(2)21-14-8-12(3)17-15(18-14)20-6-4-19(5-7-20)13-9-16-10-13/h8,11,13,16H,4-7,9-10H2,1-3H3. The Morgan fingerprint density at radius 3 is 2.48 bits per heavy atom. The number of hydrogen-bond acceptors (Lipinski definition) is 6. The number of hydrogen-bond donors (Lipinski definition) is 1. The van der Waals surface area contributed by atoms with Gasteiger partial charge in [0.1, 0.15) is 0 Å². The minimum absolute atomic E-state index is 0.134. The Balaban J connectivity index is 1.65. The summed E-state index contributed by atoms with van der Waals surface area (Å²) in [6.45, 7) is 12.4. The van der Waals surface area contributed by atoms with E-state index >= 15 is 0 Å².